The van der Waals surface area contributed by atoms with Gasteiger partial charge in [-0.2, -0.15) is 11.3 Å². The second-order valence-corrected chi connectivity index (χ2v) is 6.01. The molecule has 2 rings (SSSR count). The van der Waals surface area contributed by atoms with Gasteiger partial charge in [0.1, 0.15) is 5.41 Å². The average Bonchev–Trinajstić information content (AvgIpc) is 3.01. The van der Waals surface area contributed by atoms with Gasteiger partial charge in [0.25, 0.3) is 0 Å². The Balaban J connectivity index is 1.95. The summed E-state index contributed by atoms with van der Waals surface area (Å²) in [4.78, 5) is 24.9. The Bertz CT molecular complexity index is 491. The molecule has 2 unspecified atom stereocenters. The van der Waals surface area contributed by atoms with Crippen LogP contribution in [0.15, 0.2) is 16.8 Å². The molecule has 1 aromatic rings. The van der Waals surface area contributed by atoms with Crippen molar-refractivity contribution in [1.29, 1.82) is 0 Å². The lowest BCUT2D eigenvalue weighted by Gasteiger charge is -2.27. The number of urea groups is 1. The van der Waals surface area contributed by atoms with E-state index < -0.39 is 17.4 Å². The number of rotatable bonds is 4. The first kappa shape index (κ1) is 14.8. The van der Waals surface area contributed by atoms with Crippen molar-refractivity contribution < 1.29 is 19.4 Å². The van der Waals surface area contributed by atoms with Crippen molar-refractivity contribution in [3.63, 3.8) is 0 Å². The molecule has 0 aliphatic carbocycles. The smallest absolute Gasteiger partial charge is 0.317 e. The third-order valence-corrected chi connectivity index (χ3v) is 4.32. The van der Waals surface area contributed by atoms with E-state index in [-0.39, 0.29) is 19.2 Å². The Labute approximate surface area is 121 Å². The molecule has 7 heteroatoms. The van der Waals surface area contributed by atoms with Crippen molar-refractivity contribution in [2.45, 2.75) is 19.5 Å². The highest BCUT2D eigenvalue weighted by Crippen LogP contribution is 2.28. The highest BCUT2D eigenvalue weighted by molar-refractivity contribution is 7.07. The van der Waals surface area contributed by atoms with E-state index in [0.717, 1.165) is 5.56 Å². The summed E-state index contributed by atoms with van der Waals surface area (Å²) in [7, 11) is 1.68. The van der Waals surface area contributed by atoms with Crippen LogP contribution in [0.2, 0.25) is 0 Å². The van der Waals surface area contributed by atoms with E-state index in [1.807, 2.05) is 16.8 Å². The summed E-state index contributed by atoms with van der Waals surface area (Å²) >= 11 is 1.57. The normalized spacial score (nSPS) is 25.4. The van der Waals surface area contributed by atoms with Crippen molar-refractivity contribution in [2.24, 2.45) is 5.41 Å². The Hall–Kier alpha value is -1.60. The molecule has 110 valence electrons. The van der Waals surface area contributed by atoms with Crippen molar-refractivity contribution in [1.82, 2.24) is 10.2 Å². The minimum atomic E-state index is -1.07. The number of carboxylic acids is 1. The minimum absolute atomic E-state index is 0.113. The first-order chi connectivity index (χ1) is 9.43. The summed E-state index contributed by atoms with van der Waals surface area (Å²) in [6.45, 7) is 2.42. The minimum Gasteiger partial charge on any atom is -0.481 e. The molecule has 1 fully saturated rings. The molecule has 1 aromatic heterocycles. The monoisotopic (exact) mass is 298 g/mol. The first-order valence-electron chi connectivity index (χ1n) is 6.27. The van der Waals surface area contributed by atoms with Crippen LogP contribution in [0.5, 0.6) is 0 Å². The second kappa shape index (κ2) is 5.80. The van der Waals surface area contributed by atoms with E-state index >= 15 is 0 Å². The molecule has 20 heavy (non-hydrogen) atoms. The van der Waals surface area contributed by atoms with Gasteiger partial charge in [0.15, 0.2) is 0 Å². The summed E-state index contributed by atoms with van der Waals surface area (Å²) in [5.41, 5.74) is -0.0184. The molecule has 0 bridgehead atoms. The lowest BCUT2D eigenvalue weighted by Crippen LogP contribution is -2.52. The van der Waals surface area contributed by atoms with Crippen molar-refractivity contribution >= 4 is 23.3 Å². The standard InChI is InChI=1S/C13H18N2O4S/c1-13(11(16)17)8-19-6-10(13)14-12(18)15(2)5-9-3-4-20-7-9/h3-4,7,10H,5-6,8H2,1-2H3,(H,14,18)(H,16,17). The predicted molar refractivity (Wildman–Crippen MR) is 74.7 cm³/mol. The van der Waals surface area contributed by atoms with E-state index in [2.05, 4.69) is 5.32 Å². The van der Waals surface area contributed by atoms with E-state index in [9.17, 15) is 14.7 Å². The predicted octanol–water partition coefficient (Wildman–Crippen LogP) is 1.38. The Morgan fingerprint density at radius 2 is 2.40 bits per heavy atom. The number of thiophene rings is 1. The maximum absolute atomic E-state index is 12.1. The van der Waals surface area contributed by atoms with E-state index in [1.54, 1.807) is 25.3 Å². The van der Waals surface area contributed by atoms with Crippen LogP contribution in [0.25, 0.3) is 0 Å². The molecule has 2 amide bonds. The molecule has 1 saturated heterocycles. The van der Waals surface area contributed by atoms with Crippen LogP contribution in [0, 0.1) is 5.41 Å². The summed E-state index contributed by atoms with van der Waals surface area (Å²) in [6.07, 6.45) is 0. The van der Waals surface area contributed by atoms with Gasteiger partial charge >= 0.3 is 12.0 Å². The number of amides is 2. The summed E-state index contributed by atoms with van der Waals surface area (Å²) in [6, 6.07) is 1.14. The van der Waals surface area contributed by atoms with Gasteiger partial charge in [0.05, 0.1) is 19.3 Å². The molecule has 0 spiro atoms. The molecule has 2 atom stereocenters. The molecule has 2 heterocycles. The number of carboxylic acid groups (broad SMARTS) is 1. The van der Waals surface area contributed by atoms with Crippen molar-refractivity contribution in [3.05, 3.63) is 22.4 Å². The van der Waals surface area contributed by atoms with Gasteiger partial charge < -0.3 is 20.1 Å². The molecular formula is C13H18N2O4S. The lowest BCUT2D eigenvalue weighted by atomic mass is 9.85. The topological polar surface area (TPSA) is 78.9 Å². The van der Waals surface area contributed by atoms with Gasteiger partial charge in [-0.3, -0.25) is 4.79 Å². The summed E-state index contributed by atoms with van der Waals surface area (Å²) < 4.78 is 5.21. The van der Waals surface area contributed by atoms with E-state index in [1.165, 1.54) is 4.90 Å². The molecule has 1 aliphatic heterocycles. The number of hydrogen-bond donors (Lipinski definition) is 2. The SMILES string of the molecule is CN(Cc1ccsc1)C(=O)NC1COCC1(C)C(=O)O. The first-order valence-corrected chi connectivity index (χ1v) is 7.21. The largest absolute Gasteiger partial charge is 0.481 e. The zero-order chi connectivity index (χ0) is 14.8. The summed E-state index contributed by atoms with van der Waals surface area (Å²) in [5, 5.41) is 15.9. The van der Waals surface area contributed by atoms with Crippen molar-refractivity contribution in [3.8, 4) is 0 Å². The number of carbonyl (C=O) groups excluding carboxylic acids is 1. The Kier molecular flexibility index (Phi) is 4.29. The number of aliphatic carboxylic acids is 1. The highest BCUT2D eigenvalue weighted by Gasteiger charge is 2.47. The van der Waals surface area contributed by atoms with Gasteiger partial charge in [-0.15, -0.1) is 0 Å². The van der Waals surface area contributed by atoms with Gasteiger partial charge in [0, 0.05) is 13.6 Å². The number of hydrogen-bond acceptors (Lipinski definition) is 4. The zero-order valence-electron chi connectivity index (χ0n) is 11.5. The Morgan fingerprint density at radius 1 is 1.65 bits per heavy atom. The fraction of sp³-hybridized carbons (Fsp3) is 0.538. The number of nitrogens with one attached hydrogen (secondary N) is 1. The highest BCUT2D eigenvalue weighted by atomic mass is 32.1. The number of nitrogens with zero attached hydrogens (tertiary/aromatic N) is 1. The maximum Gasteiger partial charge on any atom is 0.317 e. The third-order valence-electron chi connectivity index (χ3n) is 3.59. The average molecular weight is 298 g/mol. The molecular weight excluding hydrogens is 280 g/mol. The van der Waals surface area contributed by atoms with Crippen LogP contribution in [0.1, 0.15) is 12.5 Å². The van der Waals surface area contributed by atoms with Gasteiger partial charge in [-0.1, -0.05) is 0 Å². The second-order valence-electron chi connectivity index (χ2n) is 5.23. The van der Waals surface area contributed by atoms with Crippen LogP contribution in [-0.4, -0.2) is 48.3 Å². The molecule has 0 saturated carbocycles. The molecule has 1 aliphatic rings. The van der Waals surface area contributed by atoms with Crippen LogP contribution in [-0.2, 0) is 16.1 Å². The zero-order valence-corrected chi connectivity index (χ0v) is 12.3. The van der Waals surface area contributed by atoms with Gasteiger partial charge in [-0.05, 0) is 29.3 Å². The van der Waals surface area contributed by atoms with Crippen LogP contribution in [0.3, 0.4) is 0 Å². The fourth-order valence-electron chi connectivity index (χ4n) is 2.07. The molecule has 0 radical (unpaired) electrons. The van der Waals surface area contributed by atoms with Crippen LogP contribution < -0.4 is 5.32 Å². The molecule has 2 N–H and O–H groups in total. The third kappa shape index (κ3) is 2.94. The van der Waals surface area contributed by atoms with Crippen LogP contribution >= 0.6 is 11.3 Å². The quantitative estimate of drug-likeness (QED) is 0.880. The van der Waals surface area contributed by atoms with Gasteiger partial charge in [0.2, 0.25) is 0 Å². The molecule has 0 aromatic carbocycles. The maximum atomic E-state index is 12.1. The van der Waals surface area contributed by atoms with E-state index in [0.29, 0.717) is 6.54 Å². The number of ether oxygens (including phenoxy) is 1. The van der Waals surface area contributed by atoms with E-state index in [4.69, 9.17) is 4.74 Å². The number of carbonyl (C=O) groups is 2. The Morgan fingerprint density at radius 3 is 3.00 bits per heavy atom. The van der Waals surface area contributed by atoms with Crippen LogP contribution in [0.4, 0.5) is 4.79 Å². The summed E-state index contributed by atoms with van der Waals surface area (Å²) in [5.74, 6) is -0.958. The van der Waals surface area contributed by atoms with Crippen molar-refractivity contribution in [2.75, 3.05) is 20.3 Å². The van der Waals surface area contributed by atoms with Gasteiger partial charge in [-0.25, -0.2) is 4.79 Å². The lowest BCUT2D eigenvalue weighted by molar-refractivity contribution is -0.148. The fourth-order valence-corrected chi connectivity index (χ4v) is 2.73. The molecule has 6 nitrogen and oxygen atoms in total.